The number of ether oxygens (including phenoxy) is 2. The minimum absolute atomic E-state index is 0.192. The zero-order valence-corrected chi connectivity index (χ0v) is 13.7. The Morgan fingerprint density at radius 3 is 2.59 bits per heavy atom. The number of rotatable bonds is 7. The van der Waals surface area contributed by atoms with Crippen molar-refractivity contribution in [1.82, 2.24) is 0 Å². The van der Waals surface area contributed by atoms with Crippen LogP contribution in [0.25, 0.3) is 10.8 Å². The number of halogens is 1. The van der Waals surface area contributed by atoms with Crippen molar-refractivity contribution in [3.63, 3.8) is 0 Å². The number of hydrogen-bond donors (Lipinski definition) is 0. The summed E-state index contributed by atoms with van der Waals surface area (Å²) in [5.41, 5.74) is 0.958. The van der Waals surface area contributed by atoms with Crippen molar-refractivity contribution in [2.45, 2.75) is 25.7 Å². The van der Waals surface area contributed by atoms with Gasteiger partial charge in [0, 0.05) is 5.88 Å². The van der Waals surface area contributed by atoms with Crippen molar-refractivity contribution in [2.75, 3.05) is 19.6 Å². The van der Waals surface area contributed by atoms with Crippen LogP contribution >= 0.6 is 11.6 Å². The molecular weight excluding hydrogens is 300 g/mol. The fourth-order valence-electron chi connectivity index (χ4n) is 2.27. The maximum Gasteiger partial charge on any atom is 0.313 e. The van der Waals surface area contributed by atoms with Crippen LogP contribution in [-0.4, -0.2) is 25.6 Å². The molecule has 2 aromatic rings. The Kier molecular flexibility index (Phi) is 6.08. The van der Waals surface area contributed by atoms with Gasteiger partial charge in [0.05, 0.1) is 19.6 Å². The van der Waals surface area contributed by atoms with Crippen molar-refractivity contribution in [1.29, 1.82) is 0 Å². The van der Waals surface area contributed by atoms with Gasteiger partial charge in [0.25, 0.3) is 0 Å². The highest BCUT2D eigenvalue weighted by molar-refractivity contribution is 6.17. The molecule has 0 spiro atoms. The molecule has 2 aromatic carbocycles. The van der Waals surface area contributed by atoms with Gasteiger partial charge in [-0.15, -0.1) is 11.6 Å². The van der Waals surface area contributed by atoms with E-state index >= 15 is 0 Å². The molecule has 118 valence electrons. The fraction of sp³-hybridized carbons (Fsp3) is 0.389. The smallest absolute Gasteiger partial charge is 0.313 e. The van der Waals surface area contributed by atoms with Crippen LogP contribution in [0.15, 0.2) is 36.4 Å². The van der Waals surface area contributed by atoms with E-state index in [2.05, 4.69) is 0 Å². The second kappa shape index (κ2) is 8.04. The first-order chi connectivity index (χ1) is 10.7. The molecule has 0 N–H and O–H groups in total. The van der Waals surface area contributed by atoms with Gasteiger partial charge in [-0.3, -0.25) is 4.79 Å². The molecule has 4 heteroatoms. The third-order valence-electron chi connectivity index (χ3n) is 3.70. The molecule has 0 bridgehead atoms. The molecule has 0 unspecified atom stereocenters. The Bertz CT molecular complexity index is 639. The lowest BCUT2D eigenvalue weighted by molar-refractivity contribution is -0.145. The Hall–Kier alpha value is -1.74. The molecule has 1 atom stereocenters. The number of hydrogen-bond acceptors (Lipinski definition) is 3. The van der Waals surface area contributed by atoms with Crippen LogP contribution in [-0.2, 0) is 9.53 Å². The van der Waals surface area contributed by atoms with E-state index in [1.807, 2.05) is 43.3 Å². The molecule has 22 heavy (non-hydrogen) atoms. The van der Waals surface area contributed by atoms with Gasteiger partial charge in [-0.05, 0) is 48.2 Å². The van der Waals surface area contributed by atoms with Crippen molar-refractivity contribution in [3.8, 4) is 5.75 Å². The van der Waals surface area contributed by atoms with Crippen molar-refractivity contribution < 1.29 is 14.3 Å². The van der Waals surface area contributed by atoms with Gasteiger partial charge in [0.1, 0.15) is 5.75 Å². The molecule has 0 saturated heterocycles. The summed E-state index contributed by atoms with van der Waals surface area (Å²) in [6.45, 7) is 2.30. The number of fused-ring (bicyclic) bond motifs is 1. The summed E-state index contributed by atoms with van der Waals surface area (Å²) in [7, 11) is 1.65. The molecule has 0 aliphatic rings. The Morgan fingerprint density at radius 2 is 1.86 bits per heavy atom. The molecule has 0 aliphatic carbocycles. The summed E-state index contributed by atoms with van der Waals surface area (Å²) < 4.78 is 10.5. The second-order valence-electron chi connectivity index (χ2n) is 5.26. The minimum atomic E-state index is -0.275. The summed E-state index contributed by atoms with van der Waals surface area (Å²) in [6, 6.07) is 11.9. The largest absolute Gasteiger partial charge is 0.497 e. The Labute approximate surface area is 136 Å². The molecule has 0 amide bonds. The van der Waals surface area contributed by atoms with E-state index in [0.29, 0.717) is 12.5 Å². The van der Waals surface area contributed by atoms with E-state index in [1.54, 1.807) is 7.11 Å². The van der Waals surface area contributed by atoms with Crippen LogP contribution in [0.1, 0.15) is 31.2 Å². The highest BCUT2D eigenvalue weighted by atomic mass is 35.5. The normalized spacial score (nSPS) is 12.1. The van der Waals surface area contributed by atoms with Crippen LogP contribution in [0.5, 0.6) is 5.75 Å². The minimum Gasteiger partial charge on any atom is -0.497 e. The van der Waals surface area contributed by atoms with Gasteiger partial charge < -0.3 is 9.47 Å². The number of unbranched alkanes of at least 4 members (excludes halogenated alkanes) is 1. The molecule has 0 heterocycles. The standard InChI is InChI=1S/C18H21ClO3/c1-13(18(20)22-10-4-3-9-19)14-5-6-16-12-17(21-2)8-7-15(16)11-14/h5-8,11-13H,3-4,9-10H2,1-2H3/t13-/m0/s1. The SMILES string of the molecule is COc1ccc2cc([C@H](C)C(=O)OCCCCCl)ccc2c1. The highest BCUT2D eigenvalue weighted by Gasteiger charge is 2.17. The van der Waals surface area contributed by atoms with E-state index < -0.39 is 0 Å². The number of benzene rings is 2. The van der Waals surface area contributed by atoms with Gasteiger partial charge >= 0.3 is 5.97 Å². The molecule has 0 aliphatic heterocycles. The van der Waals surface area contributed by atoms with Crippen LogP contribution in [0.4, 0.5) is 0 Å². The van der Waals surface area contributed by atoms with E-state index in [9.17, 15) is 4.79 Å². The molecular formula is C18H21ClO3. The lowest BCUT2D eigenvalue weighted by Gasteiger charge is -2.13. The van der Waals surface area contributed by atoms with Crippen LogP contribution in [0.3, 0.4) is 0 Å². The van der Waals surface area contributed by atoms with Crippen molar-refractivity contribution >= 4 is 28.3 Å². The van der Waals surface area contributed by atoms with Gasteiger partial charge in [-0.1, -0.05) is 24.3 Å². The zero-order valence-electron chi connectivity index (χ0n) is 13.0. The van der Waals surface area contributed by atoms with Gasteiger partial charge in [-0.25, -0.2) is 0 Å². The quantitative estimate of drug-likeness (QED) is 0.427. The first kappa shape index (κ1) is 16.6. The van der Waals surface area contributed by atoms with E-state index in [1.165, 1.54) is 0 Å². The third kappa shape index (κ3) is 4.14. The lowest BCUT2D eigenvalue weighted by atomic mass is 9.98. The Morgan fingerprint density at radius 1 is 1.14 bits per heavy atom. The van der Waals surface area contributed by atoms with Crippen molar-refractivity contribution in [2.24, 2.45) is 0 Å². The summed E-state index contributed by atoms with van der Waals surface area (Å²) in [4.78, 5) is 12.1. The van der Waals surface area contributed by atoms with Crippen molar-refractivity contribution in [3.05, 3.63) is 42.0 Å². The highest BCUT2D eigenvalue weighted by Crippen LogP contribution is 2.25. The first-order valence-corrected chi connectivity index (χ1v) is 7.99. The molecule has 0 saturated carbocycles. The maximum absolute atomic E-state index is 12.1. The van der Waals surface area contributed by atoms with Gasteiger partial charge in [-0.2, -0.15) is 0 Å². The predicted molar refractivity (Wildman–Crippen MR) is 89.8 cm³/mol. The van der Waals surface area contributed by atoms with Crippen LogP contribution in [0.2, 0.25) is 0 Å². The fourth-order valence-corrected chi connectivity index (χ4v) is 2.46. The molecule has 2 rings (SSSR count). The second-order valence-corrected chi connectivity index (χ2v) is 5.64. The third-order valence-corrected chi connectivity index (χ3v) is 3.96. The van der Waals surface area contributed by atoms with Crippen LogP contribution < -0.4 is 4.74 Å². The summed E-state index contributed by atoms with van der Waals surface area (Å²) in [5, 5.41) is 2.17. The monoisotopic (exact) mass is 320 g/mol. The Balaban J connectivity index is 2.07. The number of carbonyl (C=O) groups excluding carboxylic acids is 1. The maximum atomic E-state index is 12.1. The van der Waals surface area contributed by atoms with Crippen LogP contribution in [0, 0.1) is 0 Å². The predicted octanol–water partition coefficient (Wildman–Crippen LogP) is 4.51. The number of esters is 1. The molecule has 0 aromatic heterocycles. The van der Waals surface area contributed by atoms with Gasteiger partial charge in [0.15, 0.2) is 0 Å². The average Bonchev–Trinajstić information content (AvgIpc) is 2.56. The topological polar surface area (TPSA) is 35.5 Å². The average molecular weight is 321 g/mol. The van der Waals surface area contributed by atoms with E-state index in [-0.39, 0.29) is 11.9 Å². The number of methoxy groups -OCH3 is 1. The summed E-state index contributed by atoms with van der Waals surface area (Å²) in [5.74, 6) is 0.957. The van der Waals surface area contributed by atoms with E-state index in [4.69, 9.17) is 21.1 Å². The molecule has 3 nitrogen and oxygen atoms in total. The lowest BCUT2D eigenvalue weighted by Crippen LogP contribution is -2.14. The summed E-state index contributed by atoms with van der Waals surface area (Å²) >= 11 is 5.60. The summed E-state index contributed by atoms with van der Waals surface area (Å²) in [6.07, 6.45) is 1.67. The van der Waals surface area contributed by atoms with E-state index in [0.717, 1.165) is 34.9 Å². The zero-order chi connectivity index (χ0) is 15.9. The molecule has 0 fully saturated rings. The number of carbonyl (C=O) groups is 1. The first-order valence-electron chi connectivity index (χ1n) is 7.46. The molecule has 0 radical (unpaired) electrons. The number of alkyl halides is 1. The van der Waals surface area contributed by atoms with Gasteiger partial charge in [0.2, 0.25) is 0 Å².